The van der Waals surface area contributed by atoms with Crippen molar-refractivity contribution in [2.45, 2.75) is 33.2 Å². The lowest BCUT2D eigenvalue weighted by atomic mass is 10.3. The van der Waals surface area contributed by atoms with Crippen molar-refractivity contribution in [1.82, 2.24) is 14.7 Å². The molecule has 0 aliphatic carbocycles. The molecule has 0 atom stereocenters. The SMILES string of the molecule is CCc1nn(C)c(CN(CC)CCCBr)c1Cl. The van der Waals surface area contributed by atoms with Crippen LogP contribution in [0, 0.1) is 0 Å². The Hall–Kier alpha value is -0.0600. The van der Waals surface area contributed by atoms with Crippen LogP contribution in [0.5, 0.6) is 0 Å². The van der Waals surface area contributed by atoms with E-state index < -0.39 is 0 Å². The van der Waals surface area contributed by atoms with Gasteiger partial charge < -0.3 is 0 Å². The molecule has 0 bridgehead atoms. The Labute approximate surface area is 117 Å². The number of aryl methyl sites for hydroxylation is 2. The molecule has 1 heterocycles. The van der Waals surface area contributed by atoms with Crippen molar-refractivity contribution < 1.29 is 0 Å². The lowest BCUT2D eigenvalue weighted by Crippen LogP contribution is -2.25. The molecular weight excluding hydrogens is 302 g/mol. The van der Waals surface area contributed by atoms with Crippen molar-refractivity contribution in [1.29, 1.82) is 0 Å². The molecule has 0 aliphatic rings. The fourth-order valence-corrected chi connectivity index (χ4v) is 2.44. The number of hydrogen-bond donors (Lipinski definition) is 0. The van der Waals surface area contributed by atoms with Crippen molar-refractivity contribution in [2.75, 3.05) is 18.4 Å². The monoisotopic (exact) mass is 321 g/mol. The molecule has 0 amide bonds. The molecule has 0 aliphatic heterocycles. The van der Waals surface area contributed by atoms with Gasteiger partial charge in [-0.05, 0) is 25.9 Å². The van der Waals surface area contributed by atoms with E-state index in [4.69, 9.17) is 11.6 Å². The third-order valence-corrected chi connectivity index (χ3v) is 3.93. The molecule has 0 radical (unpaired) electrons. The van der Waals surface area contributed by atoms with Crippen LogP contribution in [-0.4, -0.2) is 33.1 Å². The van der Waals surface area contributed by atoms with Gasteiger partial charge in [0.05, 0.1) is 16.4 Å². The topological polar surface area (TPSA) is 21.1 Å². The number of nitrogens with zero attached hydrogens (tertiary/aromatic N) is 3. The van der Waals surface area contributed by atoms with Crippen molar-refractivity contribution in [3.8, 4) is 0 Å². The summed E-state index contributed by atoms with van der Waals surface area (Å²) in [5.74, 6) is 0. The normalized spacial score (nSPS) is 11.4. The van der Waals surface area contributed by atoms with Crippen LogP contribution >= 0.6 is 27.5 Å². The Bertz CT molecular complexity index is 352. The highest BCUT2D eigenvalue weighted by molar-refractivity contribution is 9.09. The summed E-state index contributed by atoms with van der Waals surface area (Å²) in [6, 6.07) is 0. The summed E-state index contributed by atoms with van der Waals surface area (Å²) in [7, 11) is 1.97. The molecule has 0 saturated carbocycles. The van der Waals surface area contributed by atoms with E-state index in [9.17, 15) is 0 Å². The maximum Gasteiger partial charge on any atom is 0.0863 e. The van der Waals surface area contributed by atoms with Crippen LogP contribution in [0.2, 0.25) is 5.02 Å². The number of halogens is 2. The summed E-state index contributed by atoms with van der Waals surface area (Å²) in [6.07, 6.45) is 2.05. The minimum Gasteiger partial charge on any atom is -0.298 e. The van der Waals surface area contributed by atoms with Gasteiger partial charge in [-0.3, -0.25) is 9.58 Å². The Morgan fingerprint density at radius 1 is 1.41 bits per heavy atom. The quantitative estimate of drug-likeness (QED) is 0.719. The van der Waals surface area contributed by atoms with Gasteiger partial charge in [0.2, 0.25) is 0 Å². The zero-order valence-electron chi connectivity index (χ0n) is 10.8. The molecule has 1 aromatic rings. The lowest BCUT2D eigenvalue weighted by Gasteiger charge is -2.20. The molecule has 0 saturated heterocycles. The summed E-state index contributed by atoms with van der Waals surface area (Å²) in [6.45, 7) is 7.27. The second-order valence-electron chi connectivity index (χ2n) is 4.10. The van der Waals surface area contributed by atoms with Crippen LogP contribution in [0.4, 0.5) is 0 Å². The molecular formula is C12H21BrClN3. The summed E-state index contributed by atoms with van der Waals surface area (Å²) < 4.78 is 1.91. The predicted molar refractivity (Wildman–Crippen MR) is 77.0 cm³/mol. The zero-order chi connectivity index (χ0) is 12.8. The van der Waals surface area contributed by atoms with Crippen LogP contribution in [0.25, 0.3) is 0 Å². The van der Waals surface area contributed by atoms with Gasteiger partial charge in [-0.25, -0.2) is 0 Å². The summed E-state index contributed by atoms with van der Waals surface area (Å²) in [5.41, 5.74) is 2.13. The average Bonchev–Trinajstić information content (AvgIpc) is 2.60. The van der Waals surface area contributed by atoms with Crippen molar-refractivity contribution in [3.05, 3.63) is 16.4 Å². The van der Waals surface area contributed by atoms with E-state index in [1.807, 2.05) is 11.7 Å². The van der Waals surface area contributed by atoms with Crippen LogP contribution in [0.3, 0.4) is 0 Å². The second kappa shape index (κ2) is 7.39. The average molecular weight is 323 g/mol. The molecule has 0 fully saturated rings. The van der Waals surface area contributed by atoms with Gasteiger partial charge in [-0.15, -0.1) is 0 Å². The minimum absolute atomic E-state index is 0.840. The first kappa shape index (κ1) is 15.0. The first-order valence-corrected chi connectivity index (χ1v) is 7.62. The second-order valence-corrected chi connectivity index (χ2v) is 5.27. The van der Waals surface area contributed by atoms with E-state index >= 15 is 0 Å². The molecule has 0 unspecified atom stereocenters. The lowest BCUT2D eigenvalue weighted by molar-refractivity contribution is 0.274. The van der Waals surface area contributed by atoms with E-state index in [1.54, 1.807) is 0 Å². The van der Waals surface area contributed by atoms with E-state index in [1.165, 1.54) is 0 Å². The smallest absolute Gasteiger partial charge is 0.0863 e. The molecule has 1 rings (SSSR count). The van der Waals surface area contributed by atoms with Gasteiger partial charge in [0.25, 0.3) is 0 Å². The van der Waals surface area contributed by atoms with E-state index in [0.717, 1.165) is 54.2 Å². The Kier molecular flexibility index (Phi) is 6.52. The van der Waals surface area contributed by atoms with Gasteiger partial charge in [-0.1, -0.05) is 41.4 Å². The number of aromatic nitrogens is 2. The molecule has 1 aromatic heterocycles. The molecule has 0 aromatic carbocycles. The van der Waals surface area contributed by atoms with Gasteiger partial charge in [0.1, 0.15) is 0 Å². The number of alkyl halides is 1. The molecule has 5 heteroatoms. The summed E-state index contributed by atoms with van der Waals surface area (Å²) in [5, 5.41) is 6.33. The maximum absolute atomic E-state index is 6.35. The highest BCUT2D eigenvalue weighted by Gasteiger charge is 2.15. The molecule has 0 N–H and O–H groups in total. The van der Waals surface area contributed by atoms with Gasteiger partial charge in [0, 0.05) is 18.9 Å². The molecule has 3 nitrogen and oxygen atoms in total. The van der Waals surface area contributed by atoms with E-state index in [-0.39, 0.29) is 0 Å². The third kappa shape index (κ3) is 3.97. The van der Waals surface area contributed by atoms with E-state index in [0.29, 0.717) is 0 Å². The summed E-state index contributed by atoms with van der Waals surface area (Å²) in [4.78, 5) is 2.39. The highest BCUT2D eigenvalue weighted by Crippen LogP contribution is 2.22. The van der Waals surface area contributed by atoms with Crippen LogP contribution in [0.15, 0.2) is 0 Å². The zero-order valence-corrected chi connectivity index (χ0v) is 13.2. The van der Waals surface area contributed by atoms with E-state index in [2.05, 4.69) is 39.8 Å². The predicted octanol–water partition coefficient (Wildman–Crippen LogP) is 3.24. The van der Waals surface area contributed by atoms with Crippen molar-refractivity contribution in [2.24, 2.45) is 7.05 Å². The molecule has 17 heavy (non-hydrogen) atoms. The standard InChI is InChI=1S/C12H21BrClN3/c1-4-10-12(14)11(16(3)15-10)9-17(5-2)8-6-7-13/h4-9H2,1-3H3. The van der Waals surface area contributed by atoms with Gasteiger partial charge in [-0.2, -0.15) is 5.10 Å². The minimum atomic E-state index is 0.840. The van der Waals surface area contributed by atoms with Crippen LogP contribution in [-0.2, 0) is 20.0 Å². The summed E-state index contributed by atoms with van der Waals surface area (Å²) >= 11 is 9.81. The van der Waals surface area contributed by atoms with Crippen molar-refractivity contribution >= 4 is 27.5 Å². The Balaban J connectivity index is 2.75. The molecule has 98 valence electrons. The van der Waals surface area contributed by atoms with Crippen LogP contribution < -0.4 is 0 Å². The maximum atomic E-state index is 6.35. The first-order valence-electron chi connectivity index (χ1n) is 6.12. The van der Waals surface area contributed by atoms with Gasteiger partial charge in [0.15, 0.2) is 0 Å². The van der Waals surface area contributed by atoms with Gasteiger partial charge >= 0.3 is 0 Å². The highest BCUT2D eigenvalue weighted by atomic mass is 79.9. The Morgan fingerprint density at radius 2 is 2.12 bits per heavy atom. The first-order chi connectivity index (χ1) is 8.13. The number of rotatable bonds is 7. The fraction of sp³-hybridized carbons (Fsp3) is 0.750. The van der Waals surface area contributed by atoms with Crippen molar-refractivity contribution in [3.63, 3.8) is 0 Å². The number of hydrogen-bond acceptors (Lipinski definition) is 2. The third-order valence-electron chi connectivity index (χ3n) is 2.93. The fourth-order valence-electron chi connectivity index (χ4n) is 1.84. The largest absolute Gasteiger partial charge is 0.298 e. The Morgan fingerprint density at radius 3 is 2.59 bits per heavy atom. The molecule has 0 spiro atoms. The van der Waals surface area contributed by atoms with Crippen LogP contribution in [0.1, 0.15) is 31.7 Å².